The van der Waals surface area contributed by atoms with E-state index in [1.54, 1.807) is 16.6 Å². The first-order valence-electron chi connectivity index (χ1n) is 12.8. The van der Waals surface area contributed by atoms with E-state index in [2.05, 4.69) is 25.6 Å². The summed E-state index contributed by atoms with van der Waals surface area (Å²) in [7, 11) is 0. The van der Waals surface area contributed by atoms with Gasteiger partial charge in [-0.3, -0.25) is 4.90 Å². The lowest BCUT2D eigenvalue weighted by molar-refractivity contribution is -0.137. The normalized spacial score (nSPS) is 14.4. The van der Waals surface area contributed by atoms with E-state index in [4.69, 9.17) is 22.1 Å². The van der Waals surface area contributed by atoms with Gasteiger partial charge in [-0.05, 0) is 61.3 Å². The number of hydrogen-bond acceptors (Lipinski definition) is 6. The molecule has 1 fully saturated rings. The molecular formula is C27H26ClF4N7O2. The van der Waals surface area contributed by atoms with Crippen LogP contribution in [0.2, 0.25) is 5.02 Å². The number of carbonyl (C=O) groups is 1. The Hall–Kier alpha value is -3.94. The van der Waals surface area contributed by atoms with Crippen molar-refractivity contribution in [3.63, 3.8) is 0 Å². The Labute approximate surface area is 237 Å². The minimum atomic E-state index is -4.69. The zero-order chi connectivity index (χ0) is 29.1. The highest BCUT2D eigenvalue weighted by atomic mass is 35.5. The number of carbonyl (C=O) groups excluding carboxylic acids is 1. The third-order valence-corrected chi connectivity index (χ3v) is 7.05. The van der Waals surface area contributed by atoms with Crippen molar-refractivity contribution in [3.8, 4) is 11.1 Å². The Kier molecular flexibility index (Phi) is 8.29. The molecule has 1 aliphatic rings. The highest BCUT2D eigenvalue weighted by Gasteiger charge is 2.31. The van der Waals surface area contributed by atoms with Crippen molar-refractivity contribution in [1.29, 1.82) is 0 Å². The van der Waals surface area contributed by atoms with Crippen molar-refractivity contribution in [2.45, 2.75) is 19.0 Å². The topological polar surface area (TPSA) is 110 Å². The molecule has 0 atom stereocenters. The summed E-state index contributed by atoms with van der Waals surface area (Å²) in [4.78, 5) is 19.0. The number of nitrogen functional groups attached to an aromatic ring is 1. The van der Waals surface area contributed by atoms with E-state index in [1.165, 1.54) is 12.4 Å². The number of halogens is 5. The van der Waals surface area contributed by atoms with Gasteiger partial charge in [0.25, 0.3) is 0 Å². The molecule has 0 unspecified atom stereocenters. The molecule has 2 aromatic heterocycles. The summed E-state index contributed by atoms with van der Waals surface area (Å²) in [5, 5.41) is 9.07. The fourth-order valence-electron chi connectivity index (χ4n) is 4.70. The number of amides is 2. The SMILES string of the molecule is Nc1ncnn2c(CCCN3CCOCC3)cc(-c3ccc(NC(=O)Nc4cc(C(F)(F)F)ccc4F)c(Cl)c3)c12. The molecule has 4 aromatic rings. The number of fused-ring (bicyclic) bond motifs is 1. The lowest BCUT2D eigenvalue weighted by atomic mass is 10.1. The Balaban J connectivity index is 1.33. The van der Waals surface area contributed by atoms with Crippen molar-refractivity contribution in [1.82, 2.24) is 19.5 Å². The van der Waals surface area contributed by atoms with Crippen LogP contribution in [0.25, 0.3) is 16.6 Å². The van der Waals surface area contributed by atoms with Gasteiger partial charge in [-0.1, -0.05) is 17.7 Å². The van der Waals surface area contributed by atoms with Gasteiger partial charge in [-0.15, -0.1) is 0 Å². The minimum absolute atomic E-state index is 0.144. The van der Waals surface area contributed by atoms with Gasteiger partial charge >= 0.3 is 12.2 Å². The lowest BCUT2D eigenvalue weighted by Gasteiger charge is -2.26. The van der Waals surface area contributed by atoms with Crippen LogP contribution in [0.4, 0.5) is 39.5 Å². The number of ether oxygens (including phenoxy) is 1. The minimum Gasteiger partial charge on any atom is -0.382 e. The molecule has 216 valence electrons. The molecule has 0 radical (unpaired) electrons. The number of benzene rings is 2. The van der Waals surface area contributed by atoms with E-state index < -0.39 is 29.3 Å². The van der Waals surface area contributed by atoms with Gasteiger partial charge in [0.1, 0.15) is 17.7 Å². The lowest BCUT2D eigenvalue weighted by Crippen LogP contribution is -2.37. The molecule has 4 N–H and O–H groups in total. The van der Waals surface area contributed by atoms with Gasteiger partial charge in [0.2, 0.25) is 0 Å². The van der Waals surface area contributed by atoms with Gasteiger partial charge in [0, 0.05) is 24.3 Å². The molecule has 0 aliphatic carbocycles. The maximum Gasteiger partial charge on any atom is 0.416 e. The monoisotopic (exact) mass is 591 g/mol. The molecule has 41 heavy (non-hydrogen) atoms. The molecule has 1 saturated heterocycles. The maximum atomic E-state index is 14.0. The van der Waals surface area contributed by atoms with Crippen LogP contribution in [0.3, 0.4) is 0 Å². The van der Waals surface area contributed by atoms with Crippen molar-refractivity contribution in [2.75, 3.05) is 49.2 Å². The number of alkyl halides is 3. The molecule has 14 heteroatoms. The van der Waals surface area contributed by atoms with Crippen LogP contribution in [-0.2, 0) is 17.3 Å². The molecule has 0 spiro atoms. The van der Waals surface area contributed by atoms with Crippen LogP contribution in [0, 0.1) is 5.82 Å². The number of hydrogen-bond donors (Lipinski definition) is 3. The fraction of sp³-hybridized carbons (Fsp3) is 0.296. The zero-order valence-electron chi connectivity index (χ0n) is 21.6. The summed E-state index contributed by atoms with van der Waals surface area (Å²) in [6.07, 6.45) is -1.65. The molecule has 0 bridgehead atoms. The number of morpholine rings is 1. The van der Waals surface area contributed by atoms with Crippen LogP contribution >= 0.6 is 11.6 Å². The Morgan fingerprint density at radius 2 is 1.83 bits per heavy atom. The number of nitrogens with one attached hydrogen (secondary N) is 2. The Morgan fingerprint density at radius 3 is 2.56 bits per heavy atom. The second kappa shape index (κ2) is 11.9. The number of aryl methyl sites for hydroxylation is 1. The number of rotatable bonds is 7. The largest absolute Gasteiger partial charge is 0.416 e. The molecular weight excluding hydrogens is 566 g/mol. The van der Waals surface area contributed by atoms with Gasteiger partial charge in [-0.2, -0.15) is 18.3 Å². The van der Waals surface area contributed by atoms with Crippen molar-refractivity contribution < 1.29 is 27.1 Å². The quantitative estimate of drug-likeness (QED) is 0.238. The van der Waals surface area contributed by atoms with E-state index in [9.17, 15) is 22.4 Å². The van der Waals surface area contributed by atoms with Crippen LogP contribution in [0.5, 0.6) is 0 Å². The third kappa shape index (κ3) is 6.53. The Bertz CT molecular complexity index is 1570. The highest BCUT2D eigenvalue weighted by molar-refractivity contribution is 6.34. The van der Waals surface area contributed by atoms with Gasteiger partial charge in [0.05, 0.1) is 35.2 Å². The summed E-state index contributed by atoms with van der Waals surface area (Å²) >= 11 is 6.46. The number of anilines is 3. The fourth-order valence-corrected chi connectivity index (χ4v) is 4.92. The van der Waals surface area contributed by atoms with E-state index in [-0.39, 0.29) is 16.5 Å². The van der Waals surface area contributed by atoms with Crippen LogP contribution in [0.15, 0.2) is 48.8 Å². The second-order valence-corrected chi connectivity index (χ2v) is 9.89. The molecule has 3 heterocycles. The smallest absolute Gasteiger partial charge is 0.382 e. The van der Waals surface area contributed by atoms with Gasteiger partial charge in [0.15, 0.2) is 5.82 Å². The molecule has 1 aliphatic heterocycles. The third-order valence-electron chi connectivity index (χ3n) is 6.74. The van der Waals surface area contributed by atoms with Gasteiger partial charge < -0.3 is 21.1 Å². The highest BCUT2D eigenvalue weighted by Crippen LogP contribution is 2.35. The Morgan fingerprint density at radius 1 is 1.07 bits per heavy atom. The first kappa shape index (κ1) is 28.6. The number of nitrogens with zero attached hydrogens (tertiary/aromatic N) is 4. The van der Waals surface area contributed by atoms with Crippen molar-refractivity contribution >= 4 is 40.3 Å². The van der Waals surface area contributed by atoms with Gasteiger partial charge in [-0.25, -0.2) is 18.7 Å². The van der Waals surface area contributed by atoms with Crippen LogP contribution < -0.4 is 16.4 Å². The van der Waals surface area contributed by atoms with E-state index in [0.29, 0.717) is 29.3 Å². The van der Waals surface area contributed by atoms with Crippen molar-refractivity contribution in [3.05, 3.63) is 70.9 Å². The van der Waals surface area contributed by atoms with E-state index in [1.807, 2.05) is 6.07 Å². The number of nitrogens with two attached hydrogens (primary N) is 1. The summed E-state index contributed by atoms with van der Waals surface area (Å²) in [5.41, 5.74) is 7.65. The summed E-state index contributed by atoms with van der Waals surface area (Å²) in [5.74, 6) is -0.731. The van der Waals surface area contributed by atoms with E-state index >= 15 is 0 Å². The second-order valence-electron chi connectivity index (χ2n) is 9.48. The van der Waals surface area contributed by atoms with Crippen molar-refractivity contribution in [2.24, 2.45) is 0 Å². The number of urea groups is 1. The average Bonchev–Trinajstić information content (AvgIpc) is 3.31. The van der Waals surface area contributed by atoms with E-state index in [0.717, 1.165) is 56.9 Å². The predicted molar refractivity (Wildman–Crippen MR) is 147 cm³/mol. The zero-order valence-corrected chi connectivity index (χ0v) is 22.4. The summed E-state index contributed by atoms with van der Waals surface area (Å²) < 4.78 is 60.2. The standard InChI is InChI=1S/C27H26ClF4N7O2/c28-20-12-16(3-6-22(20)36-26(40)37-23-13-17(27(30,31)32)4-5-21(23)29)19-14-18(39-24(19)25(33)34-15-35-39)2-1-7-38-8-10-41-11-9-38/h3-6,12-15H,1-2,7-11H2,(H2,33,34,35)(H2,36,37,40). The first-order valence-corrected chi connectivity index (χ1v) is 13.1. The summed E-state index contributed by atoms with van der Waals surface area (Å²) in [6.45, 7) is 4.20. The molecule has 2 amide bonds. The van der Waals surface area contributed by atoms with Crippen LogP contribution in [-0.4, -0.2) is 58.4 Å². The average molecular weight is 592 g/mol. The molecule has 5 rings (SSSR count). The summed E-state index contributed by atoms with van der Waals surface area (Å²) in [6, 6.07) is 7.59. The number of aromatic nitrogens is 3. The van der Waals surface area contributed by atoms with Crippen LogP contribution in [0.1, 0.15) is 17.7 Å². The predicted octanol–water partition coefficient (Wildman–Crippen LogP) is 5.70. The molecule has 9 nitrogen and oxygen atoms in total. The molecule has 2 aromatic carbocycles. The first-order chi connectivity index (χ1) is 19.6. The molecule has 0 saturated carbocycles. The maximum absolute atomic E-state index is 14.0.